The van der Waals surface area contributed by atoms with E-state index in [1.165, 1.54) is 6.07 Å². The molecule has 0 saturated carbocycles. The number of benzene rings is 1. The average molecular weight is 465 g/mol. The van der Waals surface area contributed by atoms with Crippen molar-refractivity contribution in [3.8, 4) is 0 Å². The topological polar surface area (TPSA) is 56.5 Å². The average Bonchev–Trinajstić information content (AvgIpc) is 2.81. The van der Waals surface area contributed by atoms with Gasteiger partial charge in [-0.15, -0.1) is 0 Å². The van der Waals surface area contributed by atoms with Crippen molar-refractivity contribution in [2.24, 2.45) is 4.99 Å². The van der Waals surface area contributed by atoms with Gasteiger partial charge in [-0.3, -0.25) is 9.48 Å². The molecule has 0 amide bonds. The largest absolute Gasteiger partial charge is 0.407 e. The molecule has 2 rings (SSSR count). The Morgan fingerprint density at radius 3 is 2.50 bits per heavy atom. The van der Waals surface area contributed by atoms with Crippen molar-refractivity contribution in [2.75, 3.05) is 0 Å². The van der Waals surface area contributed by atoms with Gasteiger partial charge in [0.1, 0.15) is 16.8 Å². The van der Waals surface area contributed by atoms with Crippen molar-refractivity contribution in [3.05, 3.63) is 44.1 Å². The number of halogens is 4. The molecule has 0 spiro atoms. The monoisotopic (exact) mass is 463 g/mol. The Labute approximate surface area is 154 Å². The lowest BCUT2D eigenvalue weighted by Gasteiger charge is -2.10. The Kier molecular flexibility index (Phi) is 6.22. The fraction of sp³-hybridized carbons (Fsp3) is 0.267. The van der Waals surface area contributed by atoms with E-state index in [9.17, 15) is 13.6 Å². The van der Waals surface area contributed by atoms with Crippen molar-refractivity contribution in [2.45, 2.75) is 26.8 Å². The zero-order valence-corrected chi connectivity index (χ0v) is 15.9. The van der Waals surface area contributed by atoms with Gasteiger partial charge < -0.3 is 4.74 Å². The summed E-state index contributed by atoms with van der Waals surface area (Å²) >= 11 is 6.53. The summed E-state index contributed by atoms with van der Waals surface area (Å²) in [6, 6.07) is 5.18. The molecule has 9 heteroatoms. The minimum atomic E-state index is -2.61. The summed E-state index contributed by atoms with van der Waals surface area (Å²) < 4.78 is 32.7. The first-order chi connectivity index (χ1) is 11.3. The van der Waals surface area contributed by atoms with Crippen LogP contribution in [-0.4, -0.2) is 28.6 Å². The van der Waals surface area contributed by atoms with Crippen molar-refractivity contribution in [3.63, 3.8) is 0 Å². The zero-order chi connectivity index (χ0) is 17.9. The molecule has 2 aromatic rings. The van der Waals surface area contributed by atoms with E-state index < -0.39 is 13.0 Å². The molecule has 0 fully saturated rings. The van der Waals surface area contributed by atoms with E-state index in [-0.39, 0.29) is 18.1 Å². The number of rotatable bonds is 5. The first-order valence-corrected chi connectivity index (χ1v) is 8.38. The minimum absolute atomic E-state index is 0.0997. The number of nitrogens with zero attached hydrogens (tertiary/aromatic N) is 3. The number of carbonyl (C=O) groups is 1. The third-order valence-corrected chi connectivity index (χ3v) is 3.95. The predicted octanol–water partition coefficient (Wildman–Crippen LogP) is 4.54. The molecule has 1 aromatic heterocycles. The summed E-state index contributed by atoms with van der Waals surface area (Å²) in [7, 11) is 0. The van der Waals surface area contributed by atoms with Gasteiger partial charge in [-0.25, -0.2) is 13.8 Å². The summed E-state index contributed by atoms with van der Waals surface area (Å²) in [6.45, 7) is 3.26. The molecule has 0 radical (unpaired) electrons. The molecule has 1 heterocycles. The van der Waals surface area contributed by atoms with Crippen LogP contribution < -0.4 is 0 Å². The summed E-state index contributed by atoms with van der Waals surface area (Å²) in [5.74, 6) is -0.0997. The molecule has 0 aliphatic heterocycles. The number of aliphatic imine (C=N–C) groups is 1. The Hall–Kier alpha value is -1.61. The van der Waals surface area contributed by atoms with Crippen molar-refractivity contribution in [1.82, 2.24) is 9.78 Å². The highest BCUT2D eigenvalue weighted by Crippen LogP contribution is 2.29. The number of ether oxygens (including phenoxy) is 1. The van der Waals surface area contributed by atoms with Crippen molar-refractivity contribution in [1.29, 1.82) is 0 Å². The lowest BCUT2D eigenvalue weighted by atomic mass is 10.1. The maximum Gasteiger partial charge on any atom is 0.299 e. The van der Waals surface area contributed by atoms with Crippen LogP contribution in [0, 0.1) is 13.8 Å². The third-order valence-electron chi connectivity index (χ3n) is 3.11. The lowest BCUT2D eigenvalue weighted by molar-refractivity contribution is -0.121. The van der Waals surface area contributed by atoms with Crippen LogP contribution in [0.1, 0.15) is 16.8 Å². The van der Waals surface area contributed by atoms with E-state index in [0.29, 0.717) is 10.3 Å². The Bertz CT molecular complexity index is 768. The first kappa shape index (κ1) is 18.7. The zero-order valence-electron chi connectivity index (χ0n) is 12.8. The van der Waals surface area contributed by atoms with E-state index in [2.05, 4.69) is 42.0 Å². The molecule has 0 atom stereocenters. The molecule has 0 saturated heterocycles. The second-order valence-corrected chi connectivity index (χ2v) is 6.67. The Balaban J connectivity index is 2.57. The molecule has 0 aliphatic carbocycles. The van der Waals surface area contributed by atoms with Crippen LogP contribution in [0.15, 0.2) is 32.3 Å². The van der Waals surface area contributed by atoms with Gasteiger partial charge in [0.05, 0.1) is 5.69 Å². The molecule has 0 bridgehead atoms. The van der Waals surface area contributed by atoms with E-state index in [1.807, 2.05) is 26.0 Å². The van der Waals surface area contributed by atoms with E-state index in [0.717, 1.165) is 20.3 Å². The van der Waals surface area contributed by atoms with Crippen molar-refractivity contribution < 1.29 is 18.3 Å². The van der Waals surface area contributed by atoms with Crippen LogP contribution >= 0.6 is 31.9 Å². The lowest BCUT2D eigenvalue weighted by Crippen LogP contribution is -2.17. The minimum Gasteiger partial charge on any atom is -0.407 e. The van der Waals surface area contributed by atoms with Crippen LogP contribution in [0.2, 0.25) is 0 Å². The quantitative estimate of drug-likeness (QED) is 0.370. The number of carbonyl (C=O) groups excluding carboxylic acids is 1. The highest BCUT2D eigenvalue weighted by Gasteiger charge is 2.18. The van der Waals surface area contributed by atoms with Gasteiger partial charge in [-0.05, 0) is 53.0 Å². The number of hydrogen-bond donors (Lipinski definition) is 0. The molecular weight excluding hydrogens is 452 g/mol. The highest BCUT2D eigenvalue weighted by atomic mass is 79.9. The predicted molar refractivity (Wildman–Crippen MR) is 92.9 cm³/mol. The molecule has 128 valence electrons. The summed E-state index contributed by atoms with van der Waals surface area (Å²) in [4.78, 5) is 15.2. The van der Waals surface area contributed by atoms with Gasteiger partial charge >= 0.3 is 0 Å². The smallest absolute Gasteiger partial charge is 0.299 e. The van der Waals surface area contributed by atoms with Crippen LogP contribution in [0.25, 0.3) is 0 Å². The van der Waals surface area contributed by atoms with Gasteiger partial charge in [0.25, 0.3) is 12.9 Å². The van der Waals surface area contributed by atoms with Crippen LogP contribution in [-0.2, 0) is 16.1 Å². The van der Waals surface area contributed by atoms with Gasteiger partial charge in [0, 0.05) is 10.5 Å². The first-order valence-electron chi connectivity index (χ1n) is 6.79. The number of alkyl halides is 2. The van der Waals surface area contributed by atoms with Crippen LogP contribution in [0.4, 0.5) is 14.5 Å². The molecule has 24 heavy (non-hydrogen) atoms. The van der Waals surface area contributed by atoms with E-state index >= 15 is 0 Å². The molecule has 0 N–H and O–H groups in total. The van der Waals surface area contributed by atoms with Gasteiger partial charge in [-0.1, -0.05) is 15.9 Å². The summed E-state index contributed by atoms with van der Waals surface area (Å²) in [5.41, 5.74) is 2.45. The van der Waals surface area contributed by atoms with Gasteiger partial charge in [0.15, 0.2) is 0 Å². The standard InChI is InChI=1S/C15H13Br2F2N3O2/c1-8-3-10(16)4-9(2)14(8)20-15(24-7-23)11-5-12(17)21-22(11)6-13(18)19/h3-5,7,13H,6H2,1-2H3/b20-15-. The Morgan fingerprint density at radius 1 is 1.33 bits per heavy atom. The van der Waals surface area contributed by atoms with Crippen LogP contribution in [0.5, 0.6) is 0 Å². The summed E-state index contributed by atoms with van der Waals surface area (Å²) in [6.07, 6.45) is -2.61. The second kappa shape index (κ2) is 7.98. The maximum absolute atomic E-state index is 12.7. The molecular formula is C15H13Br2F2N3O2. The third kappa shape index (κ3) is 4.47. The Morgan fingerprint density at radius 2 is 1.96 bits per heavy atom. The number of aromatic nitrogens is 2. The number of hydrogen-bond acceptors (Lipinski definition) is 4. The molecule has 0 aliphatic rings. The van der Waals surface area contributed by atoms with Gasteiger partial charge in [-0.2, -0.15) is 5.10 Å². The van der Waals surface area contributed by atoms with Crippen LogP contribution in [0.3, 0.4) is 0 Å². The normalized spacial score (nSPS) is 11.9. The fourth-order valence-corrected chi connectivity index (χ4v) is 3.29. The second-order valence-electron chi connectivity index (χ2n) is 4.94. The number of aryl methyl sites for hydroxylation is 2. The fourth-order valence-electron chi connectivity index (χ4n) is 2.20. The SMILES string of the molecule is Cc1cc(Br)cc(C)c1/N=C(\OC=O)c1cc(Br)nn1CC(F)F. The van der Waals surface area contributed by atoms with E-state index in [1.54, 1.807) is 0 Å². The van der Waals surface area contributed by atoms with E-state index in [4.69, 9.17) is 4.74 Å². The molecule has 1 aromatic carbocycles. The molecule has 0 unspecified atom stereocenters. The summed E-state index contributed by atoms with van der Waals surface area (Å²) in [5, 5.41) is 3.92. The highest BCUT2D eigenvalue weighted by molar-refractivity contribution is 9.10. The van der Waals surface area contributed by atoms with Gasteiger partial charge in [0.2, 0.25) is 5.90 Å². The maximum atomic E-state index is 12.7. The van der Waals surface area contributed by atoms with Crippen molar-refractivity contribution >= 4 is 49.9 Å². The molecule has 5 nitrogen and oxygen atoms in total.